The van der Waals surface area contributed by atoms with Crippen LogP contribution in [-0.2, 0) is 11.3 Å². The molecule has 0 heterocycles. The van der Waals surface area contributed by atoms with E-state index < -0.39 is 0 Å². The molecule has 0 aliphatic rings. The third kappa shape index (κ3) is 3.52. The zero-order chi connectivity index (χ0) is 12.1. The van der Waals surface area contributed by atoms with Crippen LogP contribution in [0.1, 0.15) is 19.4 Å². The van der Waals surface area contributed by atoms with Gasteiger partial charge in [-0.15, -0.1) is 0 Å². The fourth-order valence-electron chi connectivity index (χ4n) is 1.27. The van der Waals surface area contributed by atoms with Crippen molar-refractivity contribution in [3.8, 4) is 5.75 Å². The Morgan fingerprint density at radius 3 is 2.75 bits per heavy atom. The lowest BCUT2D eigenvalue weighted by molar-refractivity contribution is -0.124. The summed E-state index contributed by atoms with van der Waals surface area (Å²) in [5, 5.41) is 2.86. The van der Waals surface area contributed by atoms with Gasteiger partial charge < -0.3 is 10.1 Å². The molecule has 0 bridgehead atoms. The van der Waals surface area contributed by atoms with E-state index in [1.165, 1.54) is 0 Å². The molecular formula is C12H16BrNO2. The average Bonchev–Trinajstić information content (AvgIpc) is 2.25. The van der Waals surface area contributed by atoms with Crippen LogP contribution in [0.2, 0.25) is 0 Å². The van der Waals surface area contributed by atoms with Gasteiger partial charge in [-0.25, -0.2) is 0 Å². The molecule has 1 aromatic carbocycles. The van der Waals surface area contributed by atoms with Crippen molar-refractivity contribution in [1.29, 1.82) is 0 Å². The minimum atomic E-state index is -0.00171. The van der Waals surface area contributed by atoms with Crippen molar-refractivity contribution in [3.05, 3.63) is 28.2 Å². The van der Waals surface area contributed by atoms with Gasteiger partial charge in [0.05, 0.1) is 7.11 Å². The van der Waals surface area contributed by atoms with Gasteiger partial charge in [-0.05, 0) is 18.2 Å². The first-order valence-corrected chi connectivity index (χ1v) is 5.94. The topological polar surface area (TPSA) is 38.3 Å². The van der Waals surface area contributed by atoms with Crippen LogP contribution in [0.25, 0.3) is 0 Å². The lowest BCUT2D eigenvalue weighted by Crippen LogP contribution is -2.27. The summed E-state index contributed by atoms with van der Waals surface area (Å²) in [6, 6.07) is 5.73. The zero-order valence-electron chi connectivity index (χ0n) is 9.71. The Kier molecular flexibility index (Phi) is 4.80. The van der Waals surface area contributed by atoms with Gasteiger partial charge in [-0.3, -0.25) is 4.79 Å². The summed E-state index contributed by atoms with van der Waals surface area (Å²) < 4.78 is 6.20. The second kappa shape index (κ2) is 5.89. The van der Waals surface area contributed by atoms with Gasteiger partial charge >= 0.3 is 0 Å². The first-order chi connectivity index (χ1) is 7.54. The van der Waals surface area contributed by atoms with Gasteiger partial charge in [0.2, 0.25) is 5.91 Å². The van der Waals surface area contributed by atoms with Crippen LogP contribution >= 0.6 is 15.9 Å². The van der Waals surface area contributed by atoms with Crippen LogP contribution in [0.5, 0.6) is 5.75 Å². The second-order valence-electron chi connectivity index (χ2n) is 3.83. The number of rotatable bonds is 4. The highest BCUT2D eigenvalue weighted by Gasteiger charge is 2.08. The number of carbonyl (C=O) groups excluding carboxylic acids is 1. The molecule has 0 aromatic heterocycles. The number of nitrogens with one attached hydrogen (secondary N) is 1. The van der Waals surface area contributed by atoms with E-state index >= 15 is 0 Å². The first kappa shape index (κ1) is 13.0. The van der Waals surface area contributed by atoms with E-state index in [-0.39, 0.29) is 11.8 Å². The minimum absolute atomic E-state index is 0.00171. The molecule has 1 N–H and O–H groups in total. The largest absolute Gasteiger partial charge is 0.496 e. The number of carbonyl (C=O) groups is 1. The molecule has 88 valence electrons. The minimum Gasteiger partial charge on any atom is -0.496 e. The number of halogens is 1. The standard InChI is InChI=1S/C12H16BrNO2/c1-8(2)12(15)14-7-9-6-10(13)4-5-11(9)16-3/h4-6,8H,7H2,1-3H3,(H,14,15). The summed E-state index contributed by atoms with van der Waals surface area (Å²) in [4.78, 5) is 11.4. The van der Waals surface area contributed by atoms with Gasteiger partial charge in [-0.2, -0.15) is 0 Å². The summed E-state index contributed by atoms with van der Waals surface area (Å²) in [6.07, 6.45) is 0. The SMILES string of the molecule is COc1ccc(Br)cc1CNC(=O)C(C)C. The molecule has 16 heavy (non-hydrogen) atoms. The van der Waals surface area contributed by atoms with Crippen molar-refractivity contribution >= 4 is 21.8 Å². The average molecular weight is 286 g/mol. The van der Waals surface area contributed by atoms with Crippen molar-refractivity contribution in [2.24, 2.45) is 5.92 Å². The Morgan fingerprint density at radius 2 is 2.19 bits per heavy atom. The second-order valence-corrected chi connectivity index (χ2v) is 4.74. The van der Waals surface area contributed by atoms with Gasteiger partial charge in [0.1, 0.15) is 5.75 Å². The molecule has 0 atom stereocenters. The molecular weight excluding hydrogens is 270 g/mol. The van der Waals surface area contributed by atoms with E-state index in [4.69, 9.17) is 4.74 Å². The molecule has 0 unspecified atom stereocenters. The number of benzene rings is 1. The summed E-state index contributed by atoms with van der Waals surface area (Å²) in [7, 11) is 1.62. The van der Waals surface area contributed by atoms with Crippen LogP contribution < -0.4 is 10.1 Å². The Labute approximate surface area is 104 Å². The van der Waals surface area contributed by atoms with E-state index in [0.717, 1.165) is 15.8 Å². The maximum Gasteiger partial charge on any atom is 0.222 e. The highest BCUT2D eigenvalue weighted by atomic mass is 79.9. The normalized spacial score (nSPS) is 10.3. The van der Waals surface area contributed by atoms with Crippen molar-refractivity contribution in [3.63, 3.8) is 0 Å². The van der Waals surface area contributed by atoms with Gasteiger partial charge in [0, 0.05) is 22.5 Å². The van der Waals surface area contributed by atoms with Crippen LogP contribution in [0.15, 0.2) is 22.7 Å². The maximum absolute atomic E-state index is 11.4. The van der Waals surface area contributed by atoms with E-state index in [0.29, 0.717) is 6.54 Å². The lowest BCUT2D eigenvalue weighted by Gasteiger charge is -2.11. The molecule has 1 rings (SSSR count). The molecule has 0 saturated carbocycles. The molecule has 1 amide bonds. The van der Waals surface area contributed by atoms with E-state index in [1.807, 2.05) is 32.0 Å². The van der Waals surface area contributed by atoms with Crippen LogP contribution in [0.3, 0.4) is 0 Å². The van der Waals surface area contributed by atoms with Crippen molar-refractivity contribution < 1.29 is 9.53 Å². The molecule has 0 aliphatic carbocycles. The number of hydrogen-bond donors (Lipinski definition) is 1. The fourth-order valence-corrected chi connectivity index (χ4v) is 1.68. The molecule has 0 aliphatic heterocycles. The number of methoxy groups -OCH3 is 1. The predicted molar refractivity (Wildman–Crippen MR) is 67.4 cm³/mol. The molecule has 0 radical (unpaired) electrons. The third-order valence-electron chi connectivity index (χ3n) is 2.22. The summed E-state index contributed by atoms with van der Waals surface area (Å²) in [5.41, 5.74) is 0.964. The molecule has 0 saturated heterocycles. The van der Waals surface area contributed by atoms with Crippen LogP contribution in [-0.4, -0.2) is 13.0 Å². The summed E-state index contributed by atoms with van der Waals surface area (Å²) in [5.74, 6) is 0.826. The van der Waals surface area contributed by atoms with Gasteiger partial charge in [-0.1, -0.05) is 29.8 Å². The smallest absolute Gasteiger partial charge is 0.222 e. The number of ether oxygens (including phenoxy) is 1. The summed E-state index contributed by atoms with van der Waals surface area (Å²) >= 11 is 3.39. The van der Waals surface area contributed by atoms with Crippen molar-refractivity contribution in [2.75, 3.05) is 7.11 Å². The van der Waals surface area contributed by atoms with E-state index in [2.05, 4.69) is 21.2 Å². The molecule has 0 spiro atoms. The highest BCUT2D eigenvalue weighted by molar-refractivity contribution is 9.10. The highest BCUT2D eigenvalue weighted by Crippen LogP contribution is 2.22. The number of amides is 1. The van der Waals surface area contributed by atoms with Crippen LogP contribution in [0.4, 0.5) is 0 Å². The van der Waals surface area contributed by atoms with Gasteiger partial charge in [0.15, 0.2) is 0 Å². The van der Waals surface area contributed by atoms with E-state index in [1.54, 1.807) is 7.11 Å². The van der Waals surface area contributed by atoms with Crippen molar-refractivity contribution in [1.82, 2.24) is 5.32 Å². The monoisotopic (exact) mass is 285 g/mol. The first-order valence-electron chi connectivity index (χ1n) is 5.14. The quantitative estimate of drug-likeness (QED) is 0.924. The van der Waals surface area contributed by atoms with E-state index in [9.17, 15) is 4.79 Å². The van der Waals surface area contributed by atoms with Crippen LogP contribution in [0, 0.1) is 5.92 Å². The Balaban J connectivity index is 2.72. The lowest BCUT2D eigenvalue weighted by atomic mass is 10.1. The zero-order valence-corrected chi connectivity index (χ0v) is 11.3. The molecule has 3 nitrogen and oxygen atoms in total. The fraction of sp³-hybridized carbons (Fsp3) is 0.417. The Hall–Kier alpha value is -1.03. The summed E-state index contributed by atoms with van der Waals surface area (Å²) in [6.45, 7) is 4.22. The molecule has 0 fully saturated rings. The Bertz CT molecular complexity index is 377. The molecule has 4 heteroatoms. The maximum atomic E-state index is 11.4. The van der Waals surface area contributed by atoms with Gasteiger partial charge in [0.25, 0.3) is 0 Å². The third-order valence-corrected chi connectivity index (χ3v) is 2.71. The predicted octanol–water partition coefficient (Wildman–Crippen LogP) is 2.73. The molecule has 1 aromatic rings. The Morgan fingerprint density at radius 1 is 1.50 bits per heavy atom. The number of hydrogen-bond acceptors (Lipinski definition) is 2. The van der Waals surface area contributed by atoms with Crippen molar-refractivity contribution in [2.45, 2.75) is 20.4 Å².